The maximum absolute atomic E-state index is 5.77. The molecule has 0 spiro atoms. The summed E-state index contributed by atoms with van der Waals surface area (Å²) < 4.78 is 1.60. The highest BCUT2D eigenvalue weighted by Crippen LogP contribution is 2.39. The maximum atomic E-state index is 5.77. The summed E-state index contributed by atoms with van der Waals surface area (Å²) in [5.41, 5.74) is 5.77. The van der Waals surface area contributed by atoms with Crippen LogP contribution in [0, 0.1) is 0 Å². The molecule has 0 bridgehead atoms. The molecule has 0 atom stereocenters. The van der Waals surface area contributed by atoms with Crippen LogP contribution in [0.3, 0.4) is 0 Å². The molecule has 88 valence electrons. The van der Waals surface area contributed by atoms with Crippen LogP contribution in [0.2, 0.25) is 0 Å². The van der Waals surface area contributed by atoms with Crippen LogP contribution >= 0.6 is 11.8 Å². The van der Waals surface area contributed by atoms with Gasteiger partial charge in [0.05, 0.1) is 0 Å². The van der Waals surface area contributed by atoms with Gasteiger partial charge in [-0.25, -0.2) is 14.6 Å². The lowest BCUT2D eigenvalue weighted by Crippen LogP contribution is -2.00. The summed E-state index contributed by atoms with van der Waals surface area (Å²) in [6, 6.07) is 1.74. The van der Waals surface area contributed by atoms with E-state index in [0.29, 0.717) is 16.9 Å². The van der Waals surface area contributed by atoms with Crippen molar-refractivity contribution in [3.8, 4) is 0 Å². The standard InChI is InChI=1S/C9H11N7S/c1-16-9(13-14-15-16)17-7-4-6(10)11-8(12-7)5-2-3-5/h4-5H,2-3H2,1H3,(H2,10,11,12). The lowest BCUT2D eigenvalue weighted by Gasteiger charge is -2.03. The Morgan fingerprint density at radius 3 is 2.88 bits per heavy atom. The van der Waals surface area contributed by atoms with E-state index in [1.807, 2.05) is 0 Å². The highest BCUT2D eigenvalue weighted by molar-refractivity contribution is 7.99. The van der Waals surface area contributed by atoms with E-state index >= 15 is 0 Å². The molecule has 0 aliphatic heterocycles. The Balaban J connectivity index is 1.89. The van der Waals surface area contributed by atoms with Crippen molar-refractivity contribution >= 4 is 17.6 Å². The van der Waals surface area contributed by atoms with Gasteiger partial charge >= 0.3 is 0 Å². The van der Waals surface area contributed by atoms with Crippen molar-refractivity contribution in [1.29, 1.82) is 0 Å². The zero-order chi connectivity index (χ0) is 11.8. The highest BCUT2D eigenvalue weighted by Gasteiger charge is 2.27. The zero-order valence-corrected chi connectivity index (χ0v) is 10.1. The molecule has 0 saturated heterocycles. The lowest BCUT2D eigenvalue weighted by atomic mass is 10.4. The van der Waals surface area contributed by atoms with Crippen molar-refractivity contribution in [2.24, 2.45) is 7.05 Å². The summed E-state index contributed by atoms with van der Waals surface area (Å²) in [6.07, 6.45) is 2.30. The normalized spacial score (nSPS) is 15.1. The van der Waals surface area contributed by atoms with Gasteiger partial charge < -0.3 is 5.73 Å². The highest BCUT2D eigenvalue weighted by atomic mass is 32.2. The maximum Gasteiger partial charge on any atom is 0.215 e. The average Bonchev–Trinajstić information content (AvgIpc) is 3.05. The quantitative estimate of drug-likeness (QED) is 0.796. The number of aromatic nitrogens is 6. The molecule has 3 rings (SSSR count). The smallest absolute Gasteiger partial charge is 0.215 e. The van der Waals surface area contributed by atoms with E-state index in [2.05, 4.69) is 25.5 Å². The summed E-state index contributed by atoms with van der Waals surface area (Å²) in [5, 5.41) is 12.7. The number of aryl methyl sites for hydroxylation is 1. The van der Waals surface area contributed by atoms with Crippen LogP contribution in [0.15, 0.2) is 16.2 Å². The SMILES string of the molecule is Cn1nnnc1Sc1cc(N)nc(C2CC2)n1. The van der Waals surface area contributed by atoms with Gasteiger partial charge in [-0.1, -0.05) is 0 Å². The number of rotatable bonds is 3. The van der Waals surface area contributed by atoms with Gasteiger partial charge in [-0.15, -0.1) is 5.10 Å². The van der Waals surface area contributed by atoms with Gasteiger partial charge in [0, 0.05) is 19.0 Å². The average molecular weight is 249 g/mol. The van der Waals surface area contributed by atoms with Gasteiger partial charge in [-0.3, -0.25) is 0 Å². The van der Waals surface area contributed by atoms with Gasteiger partial charge in [0.1, 0.15) is 16.7 Å². The minimum Gasteiger partial charge on any atom is -0.384 e. The van der Waals surface area contributed by atoms with Crippen molar-refractivity contribution < 1.29 is 0 Å². The van der Waals surface area contributed by atoms with Gasteiger partial charge in [-0.05, 0) is 35.0 Å². The Labute approximate surface area is 102 Å². The van der Waals surface area contributed by atoms with Gasteiger partial charge in [0.25, 0.3) is 0 Å². The second-order valence-corrected chi connectivity index (χ2v) is 4.94. The largest absolute Gasteiger partial charge is 0.384 e. The molecule has 1 aliphatic carbocycles. The van der Waals surface area contributed by atoms with E-state index in [1.165, 1.54) is 11.8 Å². The van der Waals surface area contributed by atoms with Crippen LogP contribution in [-0.4, -0.2) is 30.2 Å². The van der Waals surface area contributed by atoms with Gasteiger partial charge in [0.2, 0.25) is 5.16 Å². The van der Waals surface area contributed by atoms with E-state index in [-0.39, 0.29) is 0 Å². The number of hydrogen-bond acceptors (Lipinski definition) is 7. The molecule has 7 nitrogen and oxygen atoms in total. The van der Waals surface area contributed by atoms with Crippen molar-refractivity contribution in [2.45, 2.75) is 28.9 Å². The van der Waals surface area contributed by atoms with Crippen LogP contribution in [0.5, 0.6) is 0 Å². The van der Waals surface area contributed by atoms with Crippen molar-refractivity contribution in [1.82, 2.24) is 30.2 Å². The predicted octanol–water partition coefficient (Wildman–Crippen LogP) is 0.611. The molecule has 17 heavy (non-hydrogen) atoms. The van der Waals surface area contributed by atoms with Gasteiger partial charge in [0.15, 0.2) is 0 Å². The number of tetrazole rings is 1. The third kappa shape index (κ3) is 2.21. The lowest BCUT2D eigenvalue weighted by molar-refractivity contribution is 0.664. The van der Waals surface area contributed by atoms with E-state index in [0.717, 1.165) is 23.7 Å². The number of anilines is 1. The fraction of sp³-hybridized carbons (Fsp3) is 0.444. The molecule has 2 aromatic rings. The number of nitrogens with zero attached hydrogens (tertiary/aromatic N) is 6. The number of nitrogens with two attached hydrogens (primary N) is 1. The Hall–Kier alpha value is -1.70. The minimum atomic E-state index is 0.482. The Bertz CT molecular complexity index is 548. The molecule has 2 N–H and O–H groups in total. The minimum absolute atomic E-state index is 0.482. The third-order valence-corrected chi connectivity index (χ3v) is 3.41. The Morgan fingerprint density at radius 1 is 1.41 bits per heavy atom. The molecule has 1 fully saturated rings. The van der Waals surface area contributed by atoms with Crippen molar-refractivity contribution in [2.75, 3.05) is 5.73 Å². The molecular weight excluding hydrogens is 238 g/mol. The summed E-state index contributed by atoms with van der Waals surface area (Å²) in [5.74, 6) is 1.82. The summed E-state index contributed by atoms with van der Waals surface area (Å²) in [7, 11) is 1.79. The van der Waals surface area contributed by atoms with Crippen LogP contribution < -0.4 is 5.73 Å². The molecule has 0 unspecified atom stereocenters. The first-order valence-corrected chi connectivity index (χ1v) is 6.08. The summed E-state index contributed by atoms with van der Waals surface area (Å²) >= 11 is 1.39. The van der Waals surface area contributed by atoms with Crippen molar-refractivity contribution in [3.05, 3.63) is 11.9 Å². The Morgan fingerprint density at radius 2 is 2.24 bits per heavy atom. The fourth-order valence-corrected chi connectivity index (χ4v) is 2.19. The molecule has 2 aromatic heterocycles. The van der Waals surface area contributed by atoms with Crippen LogP contribution in [0.4, 0.5) is 5.82 Å². The summed E-state index contributed by atoms with van der Waals surface area (Å²) in [6.45, 7) is 0. The monoisotopic (exact) mass is 249 g/mol. The van der Waals surface area contributed by atoms with Crippen LogP contribution in [0.1, 0.15) is 24.6 Å². The van der Waals surface area contributed by atoms with E-state index in [9.17, 15) is 0 Å². The second kappa shape index (κ2) is 3.95. The Kier molecular flexibility index (Phi) is 2.43. The van der Waals surface area contributed by atoms with E-state index in [4.69, 9.17) is 5.73 Å². The van der Waals surface area contributed by atoms with Gasteiger partial charge in [-0.2, -0.15) is 0 Å². The van der Waals surface area contributed by atoms with Crippen LogP contribution in [0.25, 0.3) is 0 Å². The molecule has 1 saturated carbocycles. The van der Waals surface area contributed by atoms with Crippen LogP contribution in [-0.2, 0) is 7.05 Å². The molecule has 1 aliphatic rings. The van der Waals surface area contributed by atoms with E-state index < -0.39 is 0 Å². The first-order chi connectivity index (χ1) is 8.22. The van der Waals surface area contributed by atoms with Crippen molar-refractivity contribution in [3.63, 3.8) is 0 Å². The molecule has 0 radical (unpaired) electrons. The van der Waals surface area contributed by atoms with E-state index in [1.54, 1.807) is 17.8 Å². The number of nitrogen functional groups attached to an aromatic ring is 1. The second-order valence-electron chi connectivity index (χ2n) is 3.95. The molecule has 8 heteroatoms. The first-order valence-electron chi connectivity index (χ1n) is 5.27. The molecule has 0 aromatic carbocycles. The predicted molar refractivity (Wildman–Crippen MR) is 61.3 cm³/mol. The third-order valence-electron chi connectivity index (χ3n) is 2.46. The fourth-order valence-electron chi connectivity index (χ4n) is 1.44. The molecular formula is C9H11N7S. The molecule has 0 amide bonds. The zero-order valence-electron chi connectivity index (χ0n) is 9.24. The first kappa shape index (κ1) is 10.5. The molecule has 2 heterocycles. The topological polar surface area (TPSA) is 95.4 Å². The summed E-state index contributed by atoms with van der Waals surface area (Å²) in [4.78, 5) is 8.72. The number of hydrogen-bond donors (Lipinski definition) is 1.